The van der Waals surface area contributed by atoms with Gasteiger partial charge in [-0.2, -0.15) is 0 Å². The highest BCUT2D eigenvalue weighted by atomic mass is 35.5. The van der Waals surface area contributed by atoms with Gasteiger partial charge in [0.1, 0.15) is 5.75 Å². The van der Waals surface area contributed by atoms with Crippen LogP contribution in [0.4, 0.5) is 0 Å². The third-order valence-electron chi connectivity index (χ3n) is 2.16. The molecule has 0 spiro atoms. The standard InChI is InChI=1S/C12H14Cl2O2/c1-8-6-10(7-9(2)12(8)14)16-11(15)4-3-5-13/h6-7H,3-5H2,1-2H3. The molecule has 4 heteroatoms. The van der Waals surface area contributed by atoms with E-state index >= 15 is 0 Å². The van der Waals surface area contributed by atoms with Crippen molar-refractivity contribution >= 4 is 29.2 Å². The second-order valence-electron chi connectivity index (χ2n) is 3.64. The Morgan fingerprint density at radius 1 is 1.31 bits per heavy atom. The molecule has 88 valence electrons. The van der Waals surface area contributed by atoms with Crippen LogP contribution in [-0.2, 0) is 4.79 Å². The number of rotatable bonds is 4. The predicted molar refractivity (Wildman–Crippen MR) is 66.5 cm³/mol. The van der Waals surface area contributed by atoms with Crippen molar-refractivity contribution in [3.8, 4) is 5.75 Å². The SMILES string of the molecule is Cc1cc(OC(=O)CCCCl)cc(C)c1Cl. The molecular formula is C12H14Cl2O2. The molecule has 0 aliphatic rings. The fourth-order valence-electron chi connectivity index (χ4n) is 1.36. The van der Waals surface area contributed by atoms with Gasteiger partial charge >= 0.3 is 5.97 Å². The summed E-state index contributed by atoms with van der Waals surface area (Å²) in [6.45, 7) is 3.76. The van der Waals surface area contributed by atoms with Crippen LogP contribution in [0.15, 0.2) is 12.1 Å². The molecule has 1 aromatic rings. The zero-order chi connectivity index (χ0) is 12.1. The maximum absolute atomic E-state index is 11.4. The van der Waals surface area contributed by atoms with Gasteiger partial charge in [0.05, 0.1) is 0 Å². The maximum atomic E-state index is 11.4. The lowest BCUT2D eigenvalue weighted by Gasteiger charge is -2.08. The Labute approximate surface area is 106 Å². The van der Waals surface area contributed by atoms with Gasteiger partial charge in [-0.3, -0.25) is 4.79 Å². The average molecular weight is 261 g/mol. The summed E-state index contributed by atoms with van der Waals surface area (Å²) in [6, 6.07) is 3.52. The zero-order valence-electron chi connectivity index (χ0n) is 9.35. The number of ether oxygens (including phenoxy) is 1. The third-order valence-corrected chi connectivity index (χ3v) is 3.02. The molecule has 0 fully saturated rings. The van der Waals surface area contributed by atoms with Crippen LogP contribution in [0, 0.1) is 13.8 Å². The molecule has 1 aromatic carbocycles. The number of hydrogen-bond donors (Lipinski definition) is 0. The monoisotopic (exact) mass is 260 g/mol. The van der Waals surface area contributed by atoms with E-state index in [0.717, 1.165) is 11.1 Å². The van der Waals surface area contributed by atoms with E-state index in [9.17, 15) is 4.79 Å². The number of hydrogen-bond acceptors (Lipinski definition) is 2. The van der Waals surface area contributed by atoms with Gasteiger partial charge in [-0.05, 0) is 43.5 Å². The first-order valence-corrected chi connectivity index (χ1v) is 5.99. The molecule has 0 aliphatic heterocycles. The van der Waals surface area contributed by atoms with Crippen LogP contribution in [0.3, 0.4) is 0 Å². The molecule has 0 aromatic heterocycles. The molecule has 0 amide bonds. The molecule has 0 saturated heterocycles. The Kier molecular flexibility index (Phi) is 5.10. The number of benzene rings is 1. The Morgan fingerprint density at radius 2 is 1.88 bits per heavy atom. The average Bonchev–Trinajstić information content (AvgIpc) is 2.23. The molecule has 0 radical (unpaired) electrons. The number of aryl methyl sites for hydroxylation is 2. The summed E-state index contributed by atoms with van der Waals surface area (Å²) in [5.74, 6) is 0.745. The molecule has 2 nitrogen and oxygen atoms in total. The summed E-state index contributed by atoms with van der Waals surface area (Å²) in [5.41, 5.74) is 1.81. The van der Waals surface area contributed by atoms with Crippen molar-refractivity contribution < 1.29 is 9.53 Å². The molecule has 0 unspecified atom stereocenters. The molecule has 0 N–H and O–H groups in total. The van der Waals surface area contributed by atoms with E-state index < -0.39 is 0 Å². The first kappa shape index (κ1) is 13.3. The number of halogens is 2. The first-order chi connectivity index (χ1) is 7.54. The van der Waals surface area contributed by atoms with Gasteiger partial charge in [-0.1, -0.05) is 11.6 Å². The van der Waals surface area contributed by atoms with Gasteiger partial charge in [-0.15, -0.1) is 11.6 Å². The lowest BCUT2D eigenvalue weighted by Crippen LogP contribution is -2.08. The second-order valence-corrected chi connectivity index (χ2v) is 4.39. The van der Waals surface area contributed by atoms with Crippen molar-refractivity contribution in [3.05, 3.63) is 28.3 Å². The van der Waals surface area contributed by atoms with Crippen LogP contribution in [0.1, 0.15) is 24.0 Å². The lowest BCUT2D eigenvalue weighted by molar-refractivity contribution is -0.134. The smallest absolute Gasteiger partial charge is 0.311 e. The van der Waals surface area contributed by atoms with Crippen LogP contribution in [0.25, 0.3) is 0 Å². The molecule has 16 heavy (non-hydrogen) atoms. The van der Waals surface area contributed by atoms with Crippen LogP contribution in [0.5, 0.6) is 5.75 Å². The summed E-state index contributed by atoms with van der Waals surface area (Å²) in [6.07, 6.45) is 0.968. The minimum Gasteiger partial charge on any atom is -0.427 e. The van der Waals surface area contributed by atoms with E-state index in [-0.39, 0.29) is 5.97 Å². The summed E-state index contributed by atoms with van der Waals surface area (Å²) in [4.78, 5) is 11.4. The molecular weight excluding hydrogens is 247 g/mol. The van der Waals surface area contributed by atoms with Crippen LogP contribution in [-0.4, -0.2) is 11.8 Å². The van der Waals surface area contributed by atoms with Crippen LogP contribution in [0.2, 0.25) is 5.02 Å². The van der Waals surface area contributed by atoms with Gasteiger partial charge in [-0.25, -0.2) is 0 Å². The minimum absolute atomic E-state index is 0.262. The van der Waals surface area contributed by atoms with Gasteiger partial charge < -0.3 is 4.74 Å². The van der Waals surface area contributed by atoms with Gasteiger partial charge in [0.2, 0.25) is 0 Å². The second kappa shape index (κ2) is 6.12. The molecule has 0 atom stereocenters. The Hall–Kier alpha value is -0.730. The summed E-state index contributed by atoms with van der Waals surface area (Å²) in [7, 11) is 0. The third kappa shape index (κ3) is 3.69. The van der Waals surface area contributed by atoms with E-state index in [1.54, 1.807) is 12.1 Å². The van der Waals surface area contributed by atoms with Crippen molar-refractivity contribution in [3.63, 3.8) is 0 Å². The van der Waals surface area contributed by atoms with Crippen molar-refractivity contribution in [2.24, 2.45) is 0 Å². The van der Waals surface area contributed by atoms with E-state index in [1.807, 2.05) is 13.8 Å². The minimum atomic E-state index is -0.262. The highest BCUT2D eigenvalue weighted by Gasteiger charge is 2.07. The van der Waals surface area contributed by atoms with Crippen LogP contribution >= 0.6 is 23.2 Å². The summed E-state index contributed by atoms with van der Waals surface area (Å²) in [5, 5.41) is 0.709. The van der Waals surface area contributed by atoms with Gasteiger partial charge in [0.25, 0.3) is 0 Å². The van der Waals surface area contributed by atoms with Crippen LogP contribution < -0.4 is 4.74 Å². The summed E-state index contributed by atoms with van der Waals surface area (Å²) >= 11 is 11.5. The lowest BCUT2D eigenvalue weighted by atomic mass is 10.1. The van der Waals surface area contributed by atoms with E-state index in [0.29, 0.717) is 29.5 Å². The van der Waals surface area contributed by atoms with Crippen molar-refractivity contribution in [2.45, 2.75) is 26.7 Å². The molecule has 0 saturated carbocycles. The Bertz CT molecular complexity index is 366. The van der Waals surface area contributed by atoms with E-state index in [1.165, 1.54) is 0 Å². The van der Waals surface area contributed by atoms with E-state index in [4.69, 9.17) is 27.9 Å². The number of carbonyl (C=O) groups excluding carboxylic acids is 1. The fraction of sp³-hybridized carbons (Fsp3) is 0.417. The largest absolute Gasteiger partial charge is 0.427 e. The zero-order valence-corrected chi connectivity index (χ0v) is 10.9. The first-order valence-electron chi connectivity index (χ1n) is 5.08. The quantitative estimate of drug-likeness (QED) is 0.467. The fourth-order valence-corrected chi connectivity index (χ4v) is 1.60. The molecule has 1 rings (SSSR count). The van der Waals surface area contributed by atoms with Crippen molar-refractivity contribution in [1.29, 1.82) is 0 Å². The van der Waals surface area contributed by atoms with E-state index in [2.05, 4.69) is 0 Å². The molecule has 0 aliphatic carbocycles. The molecule has 0 heterocycles. The number of carbonyl (C=O) groups is 1. The predicted octanol–water partition coefficient (Wildman–Crippen LogP) is 3.88. The maximum Gasteiger partial charge on any atom is 0.311 e. The highest BCUT2D eigenvalue weighted by molar-refractivity contribution is 6.32. The van der Waals surface area contributed by atoms with Gasteiger partial charge in [0.15, 0.2) is 0 Å². The number of esters is 1. The highest BCUT2D eigenvalue weighted by Crippen LogP contribution is 2.26. The normalized spacial score (nSPS) is 10.2. The topological polar surface area (TPSA) is 26.3 Å². The van der Waals surface area contributed by atoms with Crippen molar-refractivity contribution in [2.75, 3.05) is 5.88 Å². The Morgan fingerprint density at radius 3 is 2.38 bits per heavy atom. The van der Waals surface area contributed by atoms with Crippen molar-refractivity contribution in [1.82, 2.24) is 0 Å². The molecule has 0 bridgehead atoms. The van der Waals surface area contributed by atoms with Gasteiger partial charge in [0, 0.05) is 17.3 Å². The number of alkyl halides is 1. The Balaban J connectivity index is 2.71. The summed E-state index contributed by atoms with van der Waals surface area (Å²) < 4.78 is 5.18.